The first-order valence-electron chi connectivity index (χ1n) is 9.55. The van der Waals surface area contributed by atoms with Gasteiger partial charge in [0.2, 0.25) is 5.91 Å². The van der Waals surface area contributed by atoms with Gasteiger partial charge in [0, 0.05) is 18.6 Å². The second kappa shape index (κ2) is 8.52. The molecular formula is C20H21N5O3S. The van der Waals surface area contributed by atoms with Gasteiger partial charge >= 0.3 is 6.09 Å². The van der Waals surface area contributed by atoms with Gasteiger partial charge in [-0.1, -0.05) is 23.8 Å². The highest BCUT2D eigenvalue weighted by Crippen LogP contribution is 2.30. The van der Waals surface area contributed by atoms with E-state index in [4.69, 9.17) is 4.74 Å². The van der Waals surface area contributed by atoms with Crippen LogP contribution in [0.2, 0.25) is 0 Å². The quantitative estimate of drug-likeness (QED) is 0.650. The summed E-state index contributed by atoms with van der Waals surface area (Å²) >= 11 is 1.39. The van der Waals surface area contributed by atoms with Crippen LogP contribution in [0.1, 0.15) is 39.0 Å². The molecule has 0 spiro atoms. The SMILES string of the molecule is CC(=O)Nc1nc2ccc(-c3cc(NC(=O)OC4CCCCC4)ncn3)cc2s1. The predicted octanol–water partition coefficient (Wildman–Crippen LogP) is 4.59. The number of aromatic nitrogens is 3. The third-order valence-electron chi connectivity index (χ3n) is 4.69. The summed E-state index contributed by atoms with van der Waals surface area (Å²) in [6.07, 6.45) is 6.13. The van der Waals surface area contributed by atoms with E-state index in [2.05, 4.69) is 25.6 Å². The number of hydrogen-bond acceptors (Lipinski definition) is 7. The Morgan fingerprint density at radius 1 is 1.10 bits per heavy atom. The average molecular weight is 411 g/mol. The summed E-state index contributed by atoms with van der Waals surface area (Å²) < 4.78 is 6.41. The van der Waals surface area contributed by atoms with Crippen molar-refractivity contribution in [3.63, 3.8) is 0 Å². The van der Waals surface area contributed by atoms with Crippen molar-refractivity contribution in [2.24, 2.45) is 0 Å². The molecule has 0 saturated heterocycles. The number of ether oxygens (including phenoxy) is 1. The number of anilines is 2. The Labute approximate surface area is 171 Å². The second-order valence-corrected chi connectivity index (χ2v) is 7.99. The molecule has 4 rings (SSSR count). The highest BCUT2D eigenvalue weighted by molar-refractivity contribution is 7.22. The van der Waals surface area contributed by atoms with Gasteiger partial charge in [0.1, 0.15) is 18.2 Å². The Morgan fingerprint density at radius 2 is 1.93 bits per heavy atom. The molecule has 1 aliphatic rings. The molecule has 1 aliphatic carbocycles. The van der Waals surface area contributed by atoms with Crippen molar-refractivity contribution in [1.82, 2.24) is 15.0 Å². The largest absolute Gasteiger partial charge is 0.446 e. The average Bonchev–Trinajstić information content (AvgIpc) is 3.09. The van der Waals surface area contributed by atoms with E-state index < -0.39 is 6.09 Å². The summed E-state index contributed by atoms with van der Waals surface area (Å²) in [6.45, 7) is 1.45. The number of carbonyl (C=O) groups excluding carboxylic acids is 2. The lowest BCUT2D eigenvalue weighted by molar-refractivity contribution is -0.114. The molecule has 0 atom stereocenters. The van der Waals surface area contributed by atoms with E-state index in [1.807, 2.05) is 18.2 Å². The summed E-state index contributed by atoms with van der Waals surface area (Å²) in [5.41, 5.74) is 2.33. The zero-order valence-corrected chi connectivity index (χ0v) is 16.8. The molecular weight excluding hydrogens is 390 g/mol. The highest BCUT2D eigenvalue weighted by Gasteiger charge is 2.18. The van der Waals surface area contributed by atoms with Gasteiger partial charge in [-0.15, -0.1) is 0 Å². The highest BCUT2D eigenvalue weighted by atomic mass is 32.1. The molecule has 2 amide bonds. The zero-order valence-electron chi connectivity index (χ0n) is 16.0. The van der Waals surface area contributed by atoms with E-state index in [0.29, 0.717) is 16.6 Å². The molecule has 2 heterocycles. The van der Waals surface area contributed by atoms with Crippen molar-refractivity contribution < 1.29 is 14.3 Å². The Balaban J connectivity index is 1.48. The monoisotopic (exact) mass is 411 g/mol. The maximum absolute atomic E-state index is 12.2. The molecule has 1 saturated carbocycles. The number of thiazole rings is 1. The summed E-state index contributed by atoms with van der Waals surface area (Å²) in [4.78, 5) is 36.2. The first-order valence-corrected chi connectivity index (χ1v) is 10.4. The third kappa shape index (κ3) is 4.86. The van der Waals surface area contributed by atoms with Crippen LogP contribution < -0.4 is 10.6 Å². The lowest BCUT2D eigenvalue weighted by atomic mass is 9.98. The number of amides is 2. The Morgan fingerprint density at radius 3 is 2.72 bits per heavy atom. The lowest BCUT2D eigenvalue weighted by Crippen LogP contribution is -2.24. The molecule has 150 valence electrons. The van der Waals surface area contributed by atoms with Gasteiger partial charge in [-0.05, 0) is 37.8 Å². The number of carbonyl (C=O) groups is 2. The van der Waals surface area contributed by atoms with E-state index in [9.17, 15) is 9.59 Å². The molecule has 1 fully saturated rings. The van der Waals surface area contributed by atoms with Gasteiger partial charge in [-0.2, -0.15) is 0 Å². The van der Waals surface area contributed by atoms with Gasteiger partial charge < -0.3 is 10.1 Å². The Hall–Kier alpha value is -3.07. The zero-order chi connectivity index (χ0) is 20.2. The van der Waals surface area contributed by atoms with Crippen molar-refractivity contribution in [2.45, 2.75) is 45.1 Å². The molecule has 0 bridgehead atoms. The standard InChI is InChI=1S/C20H21N5O3S/c1-12(26)23-19-24-15-8-7-13(9-17(15)29-19)16-10-18(22-11-21-16)25-20(27)28-14-5-3-2-4-6-14/h7-11,14H,2-6H2,1H3,(H,23,24,26)(H,21,22,25,27). The normalized spacial score (nSPS) is 14.5. The first-order chi connectivity index (χ1) is 14.1. The molecule has 0 aliphatic heterocycles. The number of rotatable bonds is 4. The Bertz CT molecular complexity index is 1050. The van der Waals surface area contributed by atoms with Crippen LogP contribution in [-0.2, 0) is 9.53 Å². The third-order valence-corrected chi connectivity index (χ3v) is 5.62. The predicted molar refractivity (Wildman–Crippen MR) is 112 cm³/mol. The number of fused-ring (bicyclic) bond motifs is 1. The number of nitrogens with zero attached hydrogens (tertiary/aromatic N) is 3. The fourth-order valence-electron chi connectivity index (χ4n) is 3.34. The van der Waals surface area contributed by atoms with Crippen molar-refractivity contribution in [1.29, 1.82) is 0 Å². The van der Waals surface area contributed by atoms with E-state index in [1.165, 1.54) is 31.0 Å². The van der Waals surface area contributed by atoms with Crippen LogP contribution in [0.5, 0.6) is 0 Å². The van der Waals surface area contributed by atoms with Crippen LogP contribution in [0.15, 0.2) is 30.6 Å². The minimum absolute atomic E-state index is 0.0170. The fourth-order valence-corrected chi connectivity index (χ4v) is 4.29. The summed E-state index contributed by atoms with van der Waals surface area (Å²) in [7, 11) is 0. The van der Waals surface area contributed by atoms with Gasteiger partial charge in [0.25, 0.3) is 0 Å². The lowest BCUT2D eigenvalue weighted by Gasteiger charge is -2.21. The van der Waals surface area contributed by atoms with Crippen LogP contribution in [0.3, 0.4) is 0 Å². The smallest absolute Gasteiger partial charge is 0.413 e. The van der Waals surface area contributed by atoms with Crippen molar-refractivity contribution >= 4 is 44.5 Å². The minimum Gasteiger partial charge on any atom is -0.446 e. The summed E-state index contributed by atoms with van der Waals surface area (Å²) in [5.74, 6) is 0.232. The Kier molecular flexibility index (Phi) is 5.66. The number of benzene rings is 1. The molecule has 8 nitrogen and oxygen atoms in total. The number of nitrogens with one attached hydrogen (secondary N) is 2. The molecule has 29 heavy (non-hydrogen) atoms. The molecule has 2 N–H and O–H groups in total. The van der Waals surface area contributed by atoms with Gasteiger partial charge in [-0.3, -0.25) is 10.1 Å². The van der Waals surface area contributed by atoms with E-state index in [0.717, 1.165) is 41.5 Å². The van der Waals surface area contributed by atoms with Crippen LogP contribution >= 0.6 is 11.3 Å². The van der Waals surface area contributed by atoms with Gasteiger partial charge in [0.05, 0.1) is 15.9 Å². The summed E-state index contributed by atoms with van der Waals surface area (Å²) in [6, 6.07) is 7.43. The van der Waals surface area contributed by atoms with Crippen molar-refractivity contribution in [2.75, 3.05) is 10.6 Å². The summed E-state index contributed by atoms with van der Waals surface area (Å²) in [5, 5.41) is 5.95. The van der Waals surface area contributed by atoms with E-state index >= 15 is 0 Å². The van der Waals surface area contributed by atoms with Gasteiger partial charge in [0.15, 0.2) is 5.13 Å². The van der Waals surface area contributed by atoms with Crippen LogP contribution in [0.25, 0.3) is 21.5 Å². The van der Waals surface area contributed by atoms with E-state index in [-0.39, 0.29) is 12.0 Å². The van der Waals surface area contributed by atoms with Crippen LogP contribution in [0, 0.1) is 0 Å². The molecule has 3 aromatic rings. The molecule has 2 aromatic heterocycles. The van der Waals surface area contributed by atoms with Crippen LogP contribution in [0.4, 0.5) is 15.7 Å². The second-order valence-electron chi connectivity index (χ2n) is 6.96. The fraction of sp³-hybridized carbons (Fsp3) is 0.350. The van der Waals surface area contributed by atoms with Gasteiger partial charge in [-0.25, -0.2) is 19.7 Å². The van der Waals surface area contributed by atoms with E-state index in [1.54, 1.807) is 6.07 Å². The first kappa shape index (κ1) is 19.3. The molecule has 0 unspecified atom stereocenters. The minimum atomic E-state index is -0.487. The van der Waals surface area contributed by atoms with Crippen molar-refractivity contribution in [3.05, 3.63) is 30.6 Å². The maximum atomic E-state index is 12.2. The topological polar surface area (TPSA) is 106 Å². The molecule has 0 radical (unpaired) electrons. The van der Waals surface area contributed by atoms with Crippen molar-refractivity contribution in [3.8, 4) is 11.3 Å². The van der Waals surface area contributed by atoms with Crippen LogP contribution in [-0.4, -0.2) is 33.1 Å². The molecule has 1 aromatic carbocycles. The molecule has 9 heteroatoms. The maximum Gasteiger partial charge on any atom is 0.413 e. The number of hydrogen-bond donors (Lipinski definition) is 2.